The summed E-state index contributed by atoms with van der Waals surface area (Å²) < 4.78 is 34.4. The summed E-state index contributed by atoms with van der Waals surface area (Å²) in [6.45, 7) is -0.566. The van der Waals surface area contributed by atoms with Crippen molar-refractivity contribution in [3.63, 3.8) is 0 Å². The maximum absolute atomic E-state index is 12.1. The third-order valence-corrected chi connectivity index (χ3v) is 2.97. The molecule has 1 aliphatic rings. The molecule has 2 N–H and O–H groups in total. The average Bonchev–Trinajstić information content (AvgIpc) is 2.63. The van der Waals surface area contributed by atoms with Gasteiger partial charge in [-0.3, -0.25) is 0 Å². The molecular weight excluding hydrogens is 228 g/mol. The third-order valence-electron chi connectivity index (χ3n) is 2.97. The Balaban J connectivity index is 2.09. The molecule has 0 aliphatic heterocycles. The van der Waals surface area contributed by atoms with Crippen molar-refractivity contribution in [3.8, 4) is 5.75 Å². The molecule has 0 saturated carbocycles. The number of hydrogen-bond donors (Lipinski definition) is 1. The maximum Gasteiger partial charge on any atom is 0.261 e. The van der Waals surface area contributed by atoms with Gasteiger partial charge in [0.2, 0.25) is 0 Å². The average molecular weight is 243 g/mol. The van der Waals surface area contributed by atoms with Crippen molar-refractivity contribution < 1.29 is 18.3 Å². The molecule has 2 unspecified atom stereocenters. The number of benzene rings is 1. The van der Waals surface area contributed by atoms with Crippen molar-refractivity contribution in [3.05, 3.63) is 29.3 Å². The lowest BCUT2D eigenvalue weighted by Crippen LogP contribution is -2.27. The van der Waals surface area contributed by atoms with Crippen LogP contribution in [0.3, 0.4) is 0 Å². The van der Waals surface area contributed by atoms with Crippen molar-refractivity contribution in [1.29, 1.82) is 0 Å². The van der Waals surface area contributed by atoms with Gasteiger partial charge in [0.25, 0.3) is 6.43 Å². The number of nitrogens with two attached hydrogens (primary N) is 1. The Labute approximate surface area is 98.5 Å². The highest BCUT2D eigenvalue weighted by atomic mass is 19.3. The Hall–Kier alpha value is -1.20. The fourth-order valence-electron chi connectivity index (χ4n) is 2.10. The van der Waals surface area contributed by atoms with E-state index in [4.69, 9.17) is 15.2 Å². The first-order valence-corrected chi connectivity index (χ1v) is 5.44. The Morgan fingerprint density at radius 2 is 2.24 bits per heavy atom. The SMILES string of the molecule is COc1ccc2c(c1)C(N)C(OCC(F)F)C2. The zero-order valence-corrected chi connectivity index (χ0v) is 9.53. The quantitative estimate of drug-likeness (QED) is 0.878. The molecule has 0 aromatic heterocycles. The number of rotatable bonds is 4. The van der Waals surface area contributed by atoms with Crippen LogP contribution in [0.5, 0.6) is 5.75 Å². The molecule has 2 rings (SSSR count). The van der Waals surface area contributed by atoms with E-state index in [9.17, 15) is 8.78 Å². The lowest BCUT2D eigenvalue weighted by Gasteiger charge is -2.16. The molecule has 5 heteroatoms. The predicted octanol–water partition coefficient (Wildman–Crippen LogP) is 1.90. The lowest BCUT2D eigenvalue weighted by molar-refractivity contribution is -0.0288. The van der Waals surface area contributed by atoms with Crippen molar-refractivity contribution in [2.75, 3.05) is 13.7 Å². The number of halogens is 2. The molecule has 0 bridgehead atoms. The van der Waals surface area contributed by atoms with E-state index in [2.05, 4.69) is 0 Å². The van der Waals surface area contributed by atoms with Crippen LogP contribution in [0.25, 0.3) is 0 Å². The summed E-state index contributed by atoms with van der Waals surface area (Å²) in [5, 5.41) is 0. The smallest absolute Gasteiger partial charge is 0.261 e. The highest BCUT2D eigenvalue weighted by Crippen LogP contribution is 2.34. The molecule has 17 heavy (non-hydrogen) atoms. The number of ether oxygens (including phenoxy) is 2. The minimum atomic E-state index is -2.46. The highest BCUT2D eigenvalue weighted by molar-refractivity contribution is 5.42. The van der Waals surface area contributed by atoms with E-state index in [-0.39, 0.29) is 12.1 Å². The standard InChI is InChI=1S/C12H15F2NO2/c1-16-8-3-2-7-4-10(17-6-11(13)14)12(15)9(7)5-8/h2-3,5,10-12H,4,6,15H2,1H3. The Kier molecular flexibility index (Phi) is 3.59. The lowest BCUT2D eigenvalue weighted by atomic mass is 10.1. The first kappa shape index (κ1) is 12.3. The van der Waals surface area contributed by atoms with E-state index in [0.29, 0.717) is 12.2 Å². The minimum Gasteiger partial charge on any atom is -0.497 e. The molecule has 0 heterocycles. The fraction of sp³-hybridized carbons (Fsp3) is 0.500. The van der Waals surface area contributed by atoms with E-state index in [0.717, 1.165) is 11.1 Å². The van der Waals surface area contributed by atoms with Crippen LogP contribution in [0.4, 0.5) is 8.78 Å². The summed E-state index contributed by atoms with van der Waals surface area (Å²) in [6.07, 6.45) is -2.25. The Bertz CT molecular complexity index is 398. The molecule has 0 spiro atoms. The van der Waals surface area contributed by atoms with E-state index < -0.39 is 13.0 Å². The Morgan fingerprint density at radius 1 is 1.47 bits per heavy atom. The minimum absolute atomic E-state index is 0.362. The van der Waals surface area contributed by atoms with Gasteiger partial charge in [-0.2, -0.15) is 0 Å². The molecule has 2 atom stereocenters. The van der Waals surface area contributed by atoms with Crippen molar-refractivity contribution in [2.45, 2.75) is 25.0 Å². The number of fused-ring (bicyclic) bond motifs is 1. The third kappa shape index (κ3) is 2.56. The van der Waals surface area contributed by atoms with Gasteiger partial charge in [-0.1, -0.05) is 6.07 Å². The van der Waals surface area contributed by atoms with Crippen LogP contribution in [-0.2, 0) is 11.2 Å². The predicted molar refractivity (Wildman–Crippen MR) is 59.4 cm³/mol. The van der Waals surface area contributed by atoms with Crippen LogP contribution in [-0.4, -0.2) is 26.2 Å². The summed E-state index contributed by atoms with van der Waals surface area (Å²) in [5.74, 6) is 0.716. The zero-order chi connectivity index (χ0) is 12.4. The Morgan fingerprint density at radius 3 is 2.88 bits per heavy atom. The van der Waals surface area contributed by atoms with Gasteiger partial charge in [-0.05, 0) is 23.3 Å². The van der Waals surface area contributed by atoms with Crippen LogP contribution < -0.4 is 10.5 Å². The number of methoxy groups -OCH3 is 1. The molecule has 0 fully saturated rings. The molecule has 1 aromatic carbocycles. The van der Waals surface area contributed by atoms with Gasteiger partial charge in [0, 0.05) is 6.42 Å². The summed E-state index contributed by atoms with van der Waals surface area (Å²) in [7, 11) is 1.58. The summed E-state index contributed by atoms with van der Waals surface area (Å²) in [5.41, 5.74) is 7.93. The van der Waals surface area contributed by atoms with E-state index in [1.165, 1.54) is 0 Å². The normalized spacial score (nSPS) is 22.9. The molecule has 1 aliphatic carbocycles. The van der Waals surface area contributed by atoms with Crippen molar-refractivity contribution >= 4 is 0 Å². The van der Waals surface area contributed by atoms with Crippen LogP contribution in [0.1, 0.15) is 17.2 Å². The molecule has 1 aromatic rings. The summed E-state index contributed by atoms with van der Waals surface area (Å²) in [4.78, 5) is 0. The second kappa shape index (κ2) is 4.98. The van der Waals surface area contributed by atoms with E-state index >= 15 is 0 Å². The second-order valence-electron chi connectivity index (χ2n) is 4.06. The van der Waals surface area contributed by atoms with Crippen LogP contribution >= 0.6 is 0 Å². The van der Waals surface area contributed by atoms with E-state index in [1.807, 2.05) is 18.2 Å². The first-order chi connectivity index (χ1) is 8.11. The van der Waals surface area contributed by atoms with Gasteiger partial charge in [-0.25, -0.2) is 8.78 Å². The number of alkyl halides is 2. The van der Waals surface area contributed by atoms with Crippen LogP contribution in [0.15, 0.2) is 18.2 Å². The molecule has 94 valence electrons. The van der Waals surface area contributed by atoms with Gasteiger partial charge >= 0.3 is 0 Å². The molecular formula is C12H15F2NO2. The largest absolute Gasteiger partial charge is 0.497 e. The van der Waals surface area contributed by atoms with Gasteiger partial charge in [0.05, 0.1) is 19.3 Å². The number of hydrogen-bond acceptors (Lipinski definition) is 3. The highest BCUT2D eigenvalue weighted by Gasteiger charge is 2.31. The summed E-state index contributed by atoms with van der Waals surface area (Å²) >= 11 is 0. The zero-order valence-electron chi connectivity index (χ0n) is 9.53. The van der Waals surface area contributed by atoms with Gasteiger partial charge in [0.1, 0.15) is 12.4 Å². The maximum atomic E-state index is 12.1. The van der Waals surface area contributed by atoms with Gasteiger partial charge in [-0.15, -0.1) is 0 Å². The van der Waals surface area contributed by atoms with Crippen molar-refractivity contribution in [2.24, 2.45) is 5.73 Å². The molecule has 0 saturated heterocycles. The van der Waals surface area contributed by atoms with Gasteiger partial charge < -0.3 is 15.2 Å². The van der Waals surface area contributed by atoms with Crippen molar-refractivity contribution in [1.82, 2.24) is 0 Å². The second-order valence-corrected chi connectivity index (χ2v) is 4.06. The summed E-state index contributed by atoms with van der Waals surface area (Å²) in [6, 6.07) is 5.21. The van der Waals surface area contributed by atoms with Gasteiger partial charge in [0.15, 0.2) is 0 Å². The molecule has 0 amide bonds. The first-order valence-electron chi connectivity index (χ1n) is 5.44. The van der Waals surface area contributed by atoms with Crippen LogP contribution in [0.2, 0.25) is 0 Å². The topological polar surface area (TPSA) is 44.5 Å². The fourth-order valence-corrected chi connectivity index (χ4v) is 2.10. The molecule has 3 nitrogen and oxygen atoms in total. The van der Waals surface area contributed by atoms with Crippen LogP contribution in [0, 0.1) is 0 Å². The monoisotopic (exact) mass is 243 g/mol. The molecule has 0 radical (unpaired) electrons. The van der Waals surface area contributed by atoms with E-state index in [1.54, 1.807) is 7.11 Å².